The lowest BCUT2D eigenvalue weighted by molar-refractivity contribution is -0.153. The van der Waals surface area contributed by atoms with Crippen molar-refractivity contribution >= 4 is 34.9 Å². The van der Waals surface area contributed by atoms with Crippen LogP contribution in [0, 0.1) is 11.3 Å². The molecule has 4 aliphatic rings. The number of esters is 1. The van der Waals surface area contributed by atoms with Crippen molar-refractivity contribution in [3.8, 4) is 11.6 Å². The highest BCUT2D eigenvalue weighted by Crippen LogP contribution is 2.43. The fourth-order valence-electron chi connectivity index (χ4n) is 8.19. The van der Waals surface area contributed by atoms with Gasteiger partial charge in [-0.25, -0.2) is 14.6 Å². The van der Waals surface area contributed by atoms with Gasteiger partial charge in [-0.15, -0.1) is 0 Å². The first-order chi connectivity index (χ1) is 24.7. The van der Waals surface area contributed by atoms with Crippen LogP contribution in [0.25, 0.3) is 17.0 Å². The molecule has 2 aliphatic carbocycles. The quantitative estimate of drug-likeness (QED) is 0.275. The molecule has 2 amide bonds. The van der Waals surface area contributed by atoms with E-state index in [9.17, 15) is 14.4 Å². The molecule has 2 bridgehead atoms. The maximum Gasteiger partial charge on any atom is 0.408 e. The molecule has 51 heavy (non-hydrogen) atoms. The Kier molecular flexibility index (Phi) is 10.2. The molecule has 0 spiro atoms. The molecule has 0 unspecified atom stereocenters. The van der Waals surface area contributed by atoms with Crippen molar-refractivity contribution in [2.75, 3.05) is 13.7 Å². The number of aromatic nitrogens is 1. The Balaban J connectivity index is 1.29. The normalized spacial score (nSPS) is 27.6. The van der Waals surface area contributed by atoms with E-state index in [0.717, 1.165) is 85.4 Å². The summed E-state index contributed by atoms with van der Waals surface area (Å²) in [6.07, 6.45) is 9.12. The Bertz CT molecular complexity index is 1790. The van der Waals surface area contributed by atoms with Gasteiger partial charge in [0, 0.05) is 11.8 Å². The van der Waals surface area contributed by atoms with E-state index in [0.29, 0.717) is 18.2 Å². The van der Waals surface area contributed by atoms with Crippen LogP contribution < -0.4 is 14.8 Å². The number of rotatable bonds is 5. The predicted octanol–water partition coefficient (Wildman–Crippen LogP) is 7.38. The minimum Gasteiger partial charge on any atom is -0.487 e. The second kappa shape index (κ2) is 14.9. The average Bonchev–Trinajstić information content (AvgIpc) is 3.72. The minimum absolute atomic E-state index is 0.128. The number of para-hydroxylation sites is 1. The van der Waals surface area contributed by atoms with Gasteiger partial charge in [0.05, 0.1) is 24.7 Å². The molecule has 7 rings (SSSR count). The number of carbonyl (C=O) groups is 3. The number of amides is 2. The van der Waals surface area contributed by atoms with Crippen LogP contribution >= 0.6 is 0 Å². The maximum absolute atomic E-state index is 14.7. The number of ether oxygens (including phenoxy) is 4. The number of allylic oxidation sites excluding steroid dienone is 1. The Morgan fingerprint density at radius 1 is 1.00 bits per heavy atom. The first-order valence-corrected chi connectivity index (χ1v) is 18.5. The van der Waals surface area contributed by atoms with Crippen molar-refractivity contribution in [2.24, 2.45) is 11.3 Å². The summed E-state index contributed by atoms with van der Waals surface area (Å²) in [5.74, 6) is 0.509. The fourth-order valence-corrected chi connectivity index (χ4v) is 8.19. The van der Waals surface area contributed by atoms with Gasteiger partial charge >= 0.3 is 12.1 Å². The summed E-state index contributed by atoms with van der Waals surface area (Å²) < 4.78 is 24.5. The molecule has 270 valence electrons. The number of methoxy groups -OCH3 is 1. The number of nitrogens with one attached hydrogen (secondary N) is 1. The number of fused-ring (bicyclic) bond motifs is 5. The molecule has 2 aliphatic heterocycles. The van der Waals surface area contributed by atoms with E-state index in [1.165, 1.54) is 7.11 Å². The van der Waals surface area contributed by atoms with E-state index in [2.05, 4.69) is 25.2 Å². The van der Waals surface area contributed by atoms with Gasteiger partial charge in [-0.1, -0.05) is 74.2 Å². The van der Waals surface area contributed by atoms with Crippen LogP contribution in [0.5, 0.6) is 11.6 Å². The summed E-state index contributed by atoms with van der Waals surface area (Å²) in [5, 5.41) is 3.86. The topological polar surface area (TPSA) is 116 Å². The van der Waals surface area contributed by atoms with E-state index in [-0.39, 0.29) is 30.9 Å². The van der Waals surface area contributed by atoms with Gasteiger partial charge in [0.2, 0.25) is 11.8 Å². The zero-order chi connectivity index (χ0) is 35.5. The van der Waals surface area contributed by atoms with Gasteiger partial charge in [-0.05, 0) is 80.6 Å². The second-order valence-corrected chi connectivity index (χ2v) is 15.1. The van der Waals surface area contributed by atoms with E-state index in [4.69, 9.17) is 23.9 Å². The van der Waals surface area contributed by atoms with Gasteiger partial charge in [-0.3, -0.25) is 4.79 Å². The number of carbonyl (C=O) groups excluding carboxylic acids is 3. The van der Waals surface area contributed by atoms with E-state index >= 15 is 0 Å². The third-order valence-corrected chi connectivity index (χ3v) is 11.2. The molecule has 1 aromatic heterocycles. The zero-order valence-corrected chi connectivity index (χ0v) is 29.9. The van der Waals surface area contributed by atoms with Gasteiger partial charge in [-0.2, -0.15) is 0 Å². The summed E-state index contributed by atoms with van der Waals surface area (Å²) in [5.41, 5.74) is 3.14. The summed E-state index contributed by atoms with van der Waals surface area (Å²) in [6, 6.07) is 16.1. The SMILES string of the molecule is COC(=O)[C@@H]1C[C@@H]2CN1C(=O)[C@H](C1(C)CCCCC1)NC(=O)O[C@@H]1C[C@H]1CCC/C(C)=C/c1c(nc3ccccc3c1OCc1ccccc1)O2. The molecule has 10 heteroatoms. The van der Waals surface area contributed by atoms with E-state index in [1.54, 1.807) is 4.90 Å². The molecule has 10 nitrogen and oxygen atoms in total. The lowest BCUT2D eigenvalue weighted by Gasteiger charge is -2.41. The highest BCUT2D eigenvalue weighted by atomic mass is 16.6. The van der Waals surface area contributed by atoms with Crippen molar-refractivity contribution in [1.29, 1.82) is 0 Å². The predicted molar refractivity (Wildman–Crippen MR) is 193 cm³/mol. The third kappa shape index (κ3) is 7.70. The highest BCUT2D eigenvalue weighted by Gasteiger charge is 2.50. The molecular weight excluding hydrogens is 646 g/mol. The summed E-state index contributed by atoms with van der Waals surface area (Å²) in [7, 11) is 1.33. The Hall–Kier alpha value is -4.60. The van der Waals surface area contributed by atoms with Crippen molar-refractivity contribution in [3.63, 3.8) is 0 Å². The molecule has 3 aromatic rings. The fraction of sp³-hybridized carbons (Fsp3) is 0.512. The Morgan fingerprint density at radius 2 is 1.76 bits per heavy atom. The first-order valence-electron chi connectivity index (χ1n) is 18.5. The Labute approximate surface area is 299 Å². The average molecular weight is 696 g/mol. The molecule has 2 saturated carbocycles. The van der Waals surface area contributed by atoms with Crippen LogP contribution in [0.1, 0.15) is 89.2 Å². The molecular formula is C41H49N3O7. The largest absolute Gasteiger partial charge is 0.487 e. The van der Waals surface area contributed by atoms with E-state index < -0.39 is 35.7 Å². The zero-order valence-electron chi connectivity index (χ0n) is 29.9. The number of hydrogen-bond acceptors (Lipinski definition) is 8. The molecule has 0 radical (unpaired) electrons. The van der Waals surface area contributed by atoms with Crippen LogP contribution in [0.3, 0.4) is 0 Å². The summed E-state index contributed by atoms with van der Waals surface area (Å²) >= 11 is 0. The number of pyridine rings is 1. The van der Waals surface area contributed by atoms with Crippen molar-refractivity contribution in [1.82, 2.24) is 15.2 Å². The highest BCUT2D eigenvalue weighted by molar-refractivity contribution is 5.92. The molecule has 3 heterocycles. The van der Waals surface area contributed by atoms with Gasteiger partial charge in [0.15, 0.2) is 0 Å². The lowest BCUT2D eigenvalue weighted by atomic mass is 9.70. The van der Waals surface area contributed by atoms with Gasteiger partial charge in [0.1, 0.15) is 36.6 Å². The second-order valence-electron chi connectivity index (χ2n) is 15.1. The monoisotopic (exact) mass is 695 g/mol. The van der Waals surface area contributed by atoms with Gasteiger partial charge in [0.25, 0.3) is 0 Å². The third-order valence-electron chi connectivity index (χ3n) is 11.2. The maximum atomic E-state index is 14.7. The standard InChI is InChI=1S/C41H49N3O7/c1-26-13-12-16-28-22-34(28)51-40(47)43-36(41(2)19-10-5-11-20-41)38(45)44-24-29(23-33(44)39(46)48-3)50-37-31(21-26)35(30-17-8-9-18-32(30)42-37)49-25-27-14-6-4-7-15-27/h4,6-9,14-15,17-18,21,28-29,33-34,36H,5,10-13,16,19-20,22-25H2,1-3H3,(H,43,47)/b26-21+/t28-,29-,33+,34-,36-/m1/s1. The molecule has 1 saturated heterocycles. The number of nitrogens with zero attached hydrogens (tertiary/aromatic N) is 2. The number of benzene rings is 2. The van der Waals surface area contributed by atoms with Crippen LogP contribution in [0.4, 0.5) is 4.79 Å². The molecule has 5 atom stereocenters. The first kappa shape index (κ1) is 34.8. The summed E-state index contributed by atoms with van der Waals surface area (Å²) in [4.78, 5) is 47.9. The summed E-state index contributed by atoms with van der Waals surface area (Å²) in [6.45, 7) is 4.65. The van der Waals surface area contributed by atoms with Crippen LogP contribution in [0.15, 0.2) is 60.2 Å². The number of hydrogen-bond donors (Lipinski definition) is 1. The van der Waals surface area contributed by atoms with Crippen molar-refractivity contribution in [2.45, 2.75) is 109 Å². The minimum atomic E-state index is -0.884. The van der Waals surface area contributed by atoms with Gasteiger partial charge < -0.3 is 29.2 Å². The lowest BCUT2D eigenvalue weighted by Crippen LogP contribution is -2.58. The van der Waals surface area contributed by atoms with Crippen molar-refractivity contribution in [3.05, 3.63) is 71.3 Å². The number of alkyl carbamates (subject to hydrolysis) is 1. The molecule has 2 aromatic carbocycles. The van der Waals surface area contributed by atoms with Crippen molar-refractivity contribution < 1.29 is 33.3 Å². The molecule has 1 N–H and O–H groups in total. The van der Waals surface area contributed by atoms with Crippen LogP contribution in [0.2, 0.25) is 0 Å². The Morgan fingerprint density at radius 3 is 2.55 bits per heavy atom. The van der Waals surface area contributed by atoms with Crippen LogP contribution in [-0.2, 0) is 25.7 Å². The molecule has 3 fully saturated rings. The van der Waals surface area contributed by atoms with Crippen LogP contribution in [-0.4, -0.2) is 65.8 Å². The smallest absolute Gasteiger partial charge is 0.408 e. The van der Waals surface area contributed by atoms with E-state index in [1.807, 2.05) is 54.6 Å².